The molecule has 0 fully saturated rings. The minimum Gasteiger partial charge on any atom is -0.399 e. The van der Waals surface area contributed by atoms with Crippen molar-refractivity contribution in [1.82, 2.24) is 0 Å². The molecule has 1 heteroatoms. The van der Waals surface area contributed by atoms with Gasteiger partial charge in [-0.15, -0.1) is 0 Å². The van der Waals surface area contributed by atoms with E-state index in [1.165, 1.54) is 21.9 Å². The van der Waals surface area contributed by atoms with E-state index in [0.717, 1.165) is 18.5 Å². The van der Waals surface area contributed by atoms with Crippen molar-refractivity contribution in [2.45, 2.75) is 12.8 Å². The Kier molecular flexibility index (Phi) is 2.45. The summed E-state index contributed by atoms with van der Waals surface area (Å²) in [6.45, 7) is 0. The van der Waals surface area contributed by atoms with Crippen molar-refractivity contribution in [2.24, 2.45) is 0 Å². The van der Waals surface area contributed by atoms with Gasteiger partial charge < -0.3 is 5.73 Å². The van der Waals surface area contributed by atoms with Gasteiger partial charge in [0.25, 0.3) is 0 Å². The Morgan fingerprint density at radius 2 is 1.88 bits per heavy atom. The zero-order valence-electron chi connectivity index (χ0n) is 9.69. The number of nitrogen functional groups attached to an aromatic ring is 1. The molecular weight excluding hydrogens is 206 g/mol. The largest absolute Gasteiger partial charge is 0.399 e. The summed E-state index contributed by atoms with van der Waals surface area (Å²) in [5.41, 5.74) is 9.35. The van der Waals surface area contributed by atoms with E-state index in [4.69, 9.17) is 5.73 Å². The third-order valence-electron chi connectivity index (χ3n) is 3.19. The molecule has 2 aromatic rings. The maximum absolute atomic E-state index is 5.98. The number of allylic oxidation sites excluding steroid dienone is 4. The lowest BCUT2D eigenvalue weighted by Gasteiger charge is -2.11. The Morgan fingerprint density at radius 3 is 2.71 bits per heavy atom. The van der Waals surface area contributed by atoms with Crippen LogP contribution in [0.25, 0.3) is 16.3 Å². The fraction of sp³-hybridized carbons (Fsp3) is 0.125. The number of benzene rings is 2. The highest BCUT2D eigenvalue weighted by Gasteiger charge is 2.07. The molecule has 0 aliphatic heterocycles. The molecular formula is C16H15N. The molecule has 0 saturated heterocycles. The van der Waals surface area contributed by atoms with Crippen LogP contribution in [0.1, 0.15) is 18.4 Å². The zero-order chi connectivity index (χ0) is 11.7. The smallest absolute Gasteiger partial charge is 0.0326 e. The summed E-state index contributed by atoms with van der Waals surface area (Å²) >= 11 is 0. The average molecular weight is 221 g/mol. The van der Waals surface area contributed by atoms with E-state index < -0.39 is 0 Å². The molecule has 0 amide bonds. The minimum absolute atomic E-state index is 0.832. The molecule has 84 valence electrons. The summed E-state index contributed by atoms with van der Waals surface area (Å²) in [6, 6.07) is 12.5. The first-order chi connectivity index (χ1) is 8.34. The van der Waals surface area contributed by atoms with Crippen LogP contribution in [0.5, 0.6) is 0 Å². The van der Waals surface area contributed by atoms with E-state index in [2.05, 4.69) is 48.6 Å². The SMILES string of the molecule is Nc1cc(C2=CCCC=C2)c2ccccc2c1. The van der Waals surface area contributed by atoms with Gasteiger partial charge >= 0.3 is 0 Å². The molecule has 0 aromatic heterocycles. The van der Waals surface area contributed by atoms with Crippen LogP contribution in [0, 0.1) is 0 Å². The third kappa shape index (κ3) is 1.84. The standard InChI is InChI=1S/C16H15N/c17-14-10-13-8-4-5-9-15(13)16(11-14)12-6-2-1-3-7-12/h2,4-11H,1,3,17H2. The second-order valence-corrected chi connectivity index (χ2v) is 4.43. The van der Waals surface area contributed by atoms with Gasteiger partial charge in [0.05, 0.1) is 0 Å². The summed E-state index contributed by atoms with van der Waals surface area (Å²) in [6.07, 6.45) is 8.98. The molecule has 3 rings (SSSR count). The van der Waals surface area contributed by atoms with Crippen LogP contribution >= 0.6 is 0 Å². The Bertz CT molecular complexity index is 620. The Labute approximate surface area is 101 Å². The second kappa shape index (κ2) is 4.10. The van der Waals surface area contributed by atoms with Crippen LogP contribution in [-0.2, 0) is 0 Å². The van der Waals surface area contributed by atoms with Gasteiger partial charge in [-0.1, -0.05) is 42.5 Å². The Balaban J connectivity index is 2.27. The van der Waals surface area contributed by atoms with Crippen molar-refractivity contribution in [1.29, 1.82) is 0 Å². The van der Waals surface area contributed by atoms with Crippen LogP contribution in [0.2, 0.25) is 0 Å². The Hall–Kier alpha value is -2.02. The fourth-order valence-electron chi connectivity index (χ4n) is 2.39. The number of fused-ring (bicyclic) bond motifs is 1. The van der Waals surface area contributed by atoms with Crippen LogP contribution in [-0.4, -0.2) is 0 Å². The first kappa shape index (κ1) is 10.2. The summed E-state index contributed by atoms with van der Waals surface area (Å²) in [5, 5.41) is 2.49. The third-order valence-corrected chi connectivity index (χ3v) is 3.19. The molecule has 2 N–H and O–H groups in total. The quantitative estimate of drug-likeness (QED) is 0.719. The molecule has 2 aromatic carbocycles. The van der Waals surface area contributed by atoms with Crippen molar-refractivity contribution < 1.29 is 0 Å². The van der Waals surface area contributed by atoms with Gasteiger partial charge in [-0.2, -0.15) is 0 Å². The van der Waals surface area contributed by atoms with Gasteiger partial charge in [-0.05, 0) is 46.9 Å². The zero-order valence-corrected chi connectivity index (χ0v) is 9.69. The van der Waals surface area contributed by atoms with Crippen molar-refractivity contribution in [3.63, 3.8) is 0 Å². The molecule has 17 heavy (non-hydrogen) atoms. The highest BCUT2D eigenvalue weighted by atomic mass is 14.5. The number of rotatable bonds is 1. The monoisotopic (exact) mass is 221 g/mol. The predicted octanol–water partition coefficient (Wildman–Crippen LogP) is 4.16. The van der Waals surface area contributed by atoms with Crippen LogP contribution in [0.4, 0.5) is 5.69 Å². The van der Waals surface area contributed by atoms with Gasteiger partial charge in [0.15, 0.2) is 0 Å². The molecule has 0 spiro atoms. The number of anilines is 1. The average Bonchev–Trinajstić information content (AvgIpc) is 2.39. The molecule has 1 aliphatic carbocycles. The molecule has 0 atom stereocenters. The lowest BCUT2D eigenvalue weighted by molar-refractivity contribution is 1.04. The van der Waals surface area contributed by atoms with Crippen molar-refractivity contribution in [2.75, 3.05) is 5.73 Å². The predicted molar refractivity (Wildman–Crippen MR) is 74.7 cm³/mol. The molecule has 1 aliphatic rings. The summed E-state index contributed by atoms with van der Waals surface area (Å²) in [5.74, 6) is 0. The summed E-state index contributed by atoms with van der Waals surface area (Å²) in [7, 11) is 0. The molecule has 0 bridgehead atoms. The number of hydrogen-bond donors (Lipinski definition) is 1. The normalized spacial score (nSPS) is 14.9. The van der Waals surface area contributed by atoms with Gasteiger partial charge in [0, 0.05) is 5.69 Å². The second-order valence-electron chi connectivity index (χ2n) is 4.43. The van der Waals surface area contributed by atoms with Gasteiger partial charge in [-0.3, -0.25) is 0 Å². The van der Waals surface area contributed by atoms with E-state index in [9.17, 15) is 0 Å². The molecule has 1 nitrogen and oxygen atoms in total. The van der Waals surface area contributed by atoms with Gasteiger partial charge in [-0.25, -0.2) is 0 Å². The Morgan fingerprint density at radius 1 is 1.00 bits per heavy atom. The minimum atomic E-state index is 0.832. The van der Waals surface area contributed by atoms with E-state index in [1.807, 2.05) is 6.07 Å². The maximum atomic E-state index is 5.98. The van der Waals surface area contributed by atoms with Crippen LogP contribution < -0.4 is 5.73 Å². The lowest BCUT2D eigenvalue weighted by atomic mass is 9.94. The molecule has 0 heterocycles. The van der Waals surface area contributed by atoms with E-state index >= 15 is 0 Å². The van der Waals surface area contributed by atoms with Gasteiger partial charge in [0.2, 0.25) is 0 Å². The van der Waals surface area contributed by atoms with E-state index in [-0.39, 0.29) is 0 Å². The maximum Gasteiger partial charge on any atom is 0.0326 e. The van der Waals surface area contributed by atoms with Crippen LogP contribution in [0.3, 0.4) is 0 Å². The highest BCUT2D eigenvalue weighted by Crippen LogP contribution is 2.30. The topological polar surface area (TPSA) is 26.0 Å². The number of nitrogens with two attached hydrogens (primary N) is 1. The van der Waals surface area contributed by atoms with E-state index in [1.54, 1.807) is 0 Å². The molecule has 0 saturated carbocycles. The first-order valence-electron chi connectivity index (χ1n) is 6.00. The molecule has 0 radical (unpaired) electrons. The highest BCUT2D eigenvalue weighted by molar-refractivity contribution is 5.98. The number of hydrogen-bond acceptors (Lipinski definition) is 1. The fourth-order valence-corrected chi connectivity index (χ4v) is 2.39. The first-order valence-corrected chi connectivity index (χ1v) is 6.00. The van der Waals surface area contributed by atoms with E-state index in [0.29, 0.717) is 0 Å². The lowest BCUT2D eigenvalue weighted by Crippen LogP contribution is -1.92. The van der Waals surface area contributed by atoms with Crippen LogP contribution in [0.15, 0.2) is 54.6 Å². The summed E-state index contributed by atoms with van der Waals surface area (Å²) in [4.78, 5) is 0. The molecule has 0 unspecified atom stereocenters. The summed E-state index contributed by atoms with van der Waals surface area (Å²) < 4.78 is 0. The van der Waals surface area contributed by atoms with Crippen molar-refractivity contribution in [3.8, 4) is 0 Å². The van der Waals surface area contributed by atoms with Crippen molar-refractivity contribution in [3.05, 3.63) is 60.2 Å². The van der Waals surface area contributed by atoms with Crippen molar-refractivity contribution >= 4 is 22.0 Å². The van der Waals surface area contributed by atoms with Gasteiger partial charge in [0.1, 0.15) is 0 Å².